The van der Waals surface area contributed by atoms with E-state index in [-0.39, 0.29) is 11.8 Å². The van der Waals surface area contributed by atoms with Gasteiger partial charge in [0.2, 0.25) is 0 Å². The number of nitrogens with zero attached hydrogens (tertiary/aromatic N) is 2. The number of carboxylic acids is 2. The van der Waals surface area contributed by atoms with Gasteiger partial charge in [0.15, 0.2) is 0 Å². The molecule has 2 aromatic rings. The molecule has 0 radical (unpaired) electrons. The van der Waals surface area contributed by atoms with Crippen LogP contribution in [-0.4, -0.2) is 64.5 Å². The molecule has 0 saturated carbocycles. The fraction of sp³-hybridized carbons (Fsp3) is 0.500. The van der Waals surface area contributed by atoms with E-state index in [9.17, 15) is 18.0 Å². The topological polar surface area (TPSA) is 109 Å². The summed E-state index contributed by atoms with van der Waals surface area (Å²) in [6.45, 7) is 5.61. The molecule has 0 unspecified atom stereocenters. The number of halogens is 3. The molecule has 12 heteroatoms. The van der Waals surface area contributed by atoms with E-state index in [0.717, 1.165) is 48.1 Å². The van der Waals surface area contributed by atoms with E-state index in [4.69, 9.17) is 24.5 Å². The minimum absolute atomic E-state index is 0.0552. The highest BCUT2D eigenvalue weighted by Crippen LogP contribution is 2.46. The van der Waals surface area contributed by atoms with Crippen molar-refractivity contribution < 1.29 is 42.4 Å². The Balaban J connectivity index is 0.000000406. The number of aromatic nitrogens is 1. The first kappa shape index (κ1) is 25.8. The molecule has 2 aliphatic rings. The maximum atomic E-state index is 10.8. The van der Waals surface area contributed by atoms with Gasteiger partial charge >= 0.3 is 18.1 Å². The summed E-state index contributed by atoms with van der Waals surface area (Å²) in [5, 5.41) is 19.1. The van der Waals surface area contributed by atoms with E-state index < -0.39 is 18.1 Å². The molecule has 1 aromatic heterocycles. The fourth-order valence-electron chi connectivity index (χ4n) is 3.95. The van der Waals surface area contributed by atoms with Gasteiger partial charge in [0.1, 0.15) is 18.1 Å². The fourth-order valence-corrected chi connectivity index (χ4v) is 4.54. The standard InChI is InChI=1S/C20H24N2O4S.C2HF3O2/c1-14-21-15(12-27-14)11-25-16-2-3-17-18(10-16)26-13-20(17)5-8-22(9-6-20)7-4-19(23)24;3-2(4,5)1(6)7/h2-3,10,12H,4-9,11,13H2,1H3,(H,23,24);(H,6,7). The van der Waals surface area contributed by atoms with Gasteiger partial charge in [-0.2, -0.15) is 13.2 Å². The summed E-state index contributed by atoms with van der Waals surface area (Å²) in [6, 6.07) is 6.14. The van der Waals surface area contributed by atoms with Gasteiger partial charge in [0.25, 0.3) is 0 Å². The second kappa shape index (κ2) is 10.6. The van der Waals surface area contributed by atoms with E-state index in [1.165, 1.54) is 5.56 Å². The van der Waals surface area contributed by atoms with Gasteiger partial charge in [-0.05, 0) is 38.9 Å². The van der Waals surface area contributed by atoms with Crippen LogP contribution in [0.5, 0.6) is 11.5 Å². The van der Waals surface area contributed by atoms with Gasteiger partial charge in [0, 0.05) is 29.0 Å². The molecule has 0 aliphatic carbocycles. The van der Waals surface area contributed by atoms with E-state index >= 15 is 0 Å². The van der Waals surface area contributed by atoms with Crippen LogP contribution in [0.2, 0.25) is 0 Å². The Morgan fingerprint density at radius 2 is 1.94 bits per heavy atom. The summed E-state index contributed by atoms with van der Waals surface area (Å²) in [7, 11) is 0. The van der Waals surface area contributed by atoms with Crippen LogP contribution in [-0.2, 0) is 21.6 Å². The number of hydrogen-bond acceptors (Lipinski definition) is 7. The summed E-state index contributed by atoms with van der Waals surface area (Å²) >= 11 is 1.63. The molecule has 0 atom stereocenters. The van der Waals surface area contributed by atoms with Crippen molar-refractivity contribution in [1.29, 1.82) is 0 Å². The number of piperidine rings is 1. The predicted molar refractivity (Wildman–Crippen MR) is 116 cm³/mol. The minimum atomic E-state index is -5.08. The molecule has 1 spiro atoms. The van der Waals surface area contributed by atoms with Gasteiger partial charge in [-0.1, -0.05) is 6.07 Å². The molecular formula is C22H25F3N2O6S. The lowest BCUT2D eigenvalue weighted by Crippen LogP contribution is -2.44. The number of thiazole rings is 1. The van der Waals surface area contributed by atoms with Gasteiger partial charge in [-0.3, -0.25) is 4.79 Å². The molecule has 0 bridgehead atoms. The minimum Gasteiger partial charge on any atom is -0.492 e. The Hall–Kier alpha value is -2.86. The molecule has 1 fully saturated rings. The predicted octanol–water partition coefficient (Wildman–Crippen LogP) is 3.86. The molecule has 2 N–H and O–H groups in total. The molecule has 1 saturated heterocycles. The Kier molecular flexibility index (Phi) is 8.03. The van der Waals surface area contributed by atoms with Crippen molar-refractivity contribution in [1.82, 2.24) is 9.88 Å². The van der Waals surface area contributed by atoms with Gasteiger partial charge in [0.05, 0.1) is 23.7 Å². The maximum Gasteiger partial charge on any atom is 0.490 e. The Morgan fingerprint density at radius 3 is 2.50 bits per heavy atom. The maximum absolute atomic E-state index is 10.8. The highest BCUT2D eigenvalue weighted by molar-refractivity contribution is 7.09. The number of aryl methyl sites for hydroxylation is 1. The number of carbonyl (C=O) groups is 2. The quantitative estimate of drug-likeness (QED) is 0.613. The molecule has 1 aromatic carbocycles. The SMILES string of the molecule is Cc1nc(COc2ccc3c(c2)OCC32CCN(CCC(=O)O)CC2)cs1.O=C(O)C(F)(F)F. The van der Waals surface area contributed by atoms with Crippen LogP contribution in [0.3, 0.4) is 0 Å². The van der Waals surface area contributed by atoms with Crippen molar-refractivity contribution in [3.8, 4) is 11.5 Å². The summed E-state index contributed by atoms with van der Waals surface area (Å²) in [4.78, 5) is 26.3. The summed E-state index contributed by atoms with van der Waals surface area (Å²) < 4.78 is 43.6. The van der Waals surface area contributed by atoms with Crippen LogP contribution < -0.4 is 9.47 Å². The summed E-state index contributed by atoms with van der Waals surface area (Å²) in [5.41, 5.74) is 2.26. The number of rotatable bonds is 6. The molecule has 3 heterocycles. The zero-order valence-electron chi connectivity index (χ0n) is 18.4. The van der Waals surface area contributed by atoms with E-state index in [1.54, 1.807) is 11.3 Å². The second-order valence-electron chi connectivity index (χ2n) is 8.16. The molecule has 34 heavy (non-hydrogen) atoms. The summed E-state index contributed by atoms with van der Waals surface area (Å²) in [5.74, 6) is -1.77. The number of aliphatic carboxylic acids is 2. The highest BCUT2D eigenvalue weighted by atomic mass is 32.1. The average Bonchev–Trinajstić information content (AvgIpc) is 3.35. The van der Waals surface area contributed by atoms with Gasteiger partial charge in [-0.15, -0.1) is 11.3 Å². The number of benzene rings is 1. The van der Waals surface area contributed by atoms with Crippen molar-refractivity contribution >= 4 is 23.3 Å². The van der Waals surface area contributed by atoms with Crippen LogP contribution in [0, 0.1) is 6.92 Å². The Bertz CT molecular complexity index is 1020. The molecular weight excluding hydrogens is 477 g/mol. The zero-order valence-corrected chi connectivity index (χ0v) is 19.2. The average molecular weight is 503 g/mol. The molecule has 2 aliphatic heterocycles. The largest absolute Gasteiger partial charge is 0.492 e. The van der Waals surface area contributed by atoms with Crippen molar-refractivity contribution in [3.63, 3.8) is 0 Å². The summed E-state index contributed by atoms with van der Waals surface area (Å²) in [6.07, 6.45) is -2.88. The second-order valence-corrected chi connectivity index (χ2v) is 9.22. The lowest BCUT2D eigenvalue weighted by atomic mass is 9.74. The zero-order chi connectivity index (χ0) is 24.9. The Morgan fingerprint density at radius 1 is 1.26 bits per heavy atom. The molecule has 8 nitrogen and oxygen atoms in total. The number of hydrogen-bond donors (Lipinski definition) is 2. The van der Waals surface area contributed by atoms with Crippen LogP contribution in [0.4, 0.5) is 13.2 Å². The van der Waals surface area contributed by atoms with E-state index in [2.05, 4.69) is 16.0 Å². The van der Waals surface area contributed by atoms with Gasteiger partial charge in [-0.25, -0.2) is 9.78 Å². The van der Waals surface area contributed by atoms with Crippen molar-refractivity contribution in [2.75, 3.05) is 26.2 Å². The number of carboxylic acid groups (broad SMARTS) is 2. The third-order valence-corrected chi connectivity index (χ3v) is 6.60. The normalized spacial score (nSPS) is 16.8. The van der Waals surface area contributed by atoms with Crippen molar-refractivity contribution in [2.24, 2.45) is 0 Å². The first-order valence-electron chi connectivity index (χ1n) is 10.5. The molecule has 4 rings (SSSR count). The Labute approximate surface area is 197 Å². The van der Waals surface area contributed by atoms with Crippen molar-refractivity contribution in [3.05, 3.63) is 39.8 Å². The van der Waals surface area contributed by atoms with Crippen LogP contribution in [0.15, 0.2) is 23.6 Å². The first-order chi connectivity index (χ1) is 16.0. The lowest BCUT2D eigenvalue weighted by Gasteiger charge is -2.38. The number of alkyl halides is 3. The van der Waals surface area contributed by atoms with Crippen molar-refractivity contribution in [2.45, 2.75) is 44.4 Å². The highest BCUT2D eigenvalue weighted by Gasteiger charge is 2.43. The first-order valence-corrected chi connectivity index (χ1v) is 11.4. The third kappa shape index (κ3) is 6.60. The number of fused-ring (bicyclic) bond motifs is 2. The van der Waals surface area contributed by atoms with Crippen LogP contribution in [0.1, 0.15) is 35.5 Å². The van der Waals surface area contributed by atoms with E-state index in [0.29, 0.717) is 19.8 Å². The number of likely N-dealkylation sites (tertiary alicyclic amines) is 1. The number of ether oxygens (including phenoxy) is 2. The van der Waals surface area contributed by atoms with Crippen LogP contribution in [0.25, 0.3) is 0 Å². The molecule has 186 valence electrons. The molecule has 0 amide bonds. The lowest BCUT2D eigenvalue weighted by molar-refractivity contribution is -0.192. The third-order valence-electron chi connectivity index (χ3n) is 5.78. The van der Waals surface area contributed by atoms with Crippen LogP contribution >= 0.6 is 11.3 Å². The monoisotopic (exact) mass is 502 g/mol. The van der Waals surface area contributed by atoms with Gasteiger partial charge < -0.3 is 24.6 Å². The smallest absolute Gasteiger partial charge is 0.490 e. The van der Waals surface area contributed by atoms with E-state index in [1.807, 2.05) is 24.4 Å².